The third kappa shape index (κ3) is 4.57. The van der Waals surface area contributed by atoms with Crippen LogP contribution in [-0.4, -0.2) is 35.8 Å². The van der Waals surface area contributed by atoms with Gasteiger partial charge in [0.1, 0.15) is 17.2 Å². The average molecular weight is 496 g/mol. The summed E-state index contributed by atoms with van der Waals surface area (Å²) in [6.45, 7) is 0.712. The maximum atomic E-state index is 6.35. The van der Waals surface area contributed by atoms with Crippen molar-refractivity contribution in [2.45, 2.75) is 17.5 Å². The molecule has 0 N–H and O–H groups in total. The average Bonchev–Trinajstić information content (AvgIpc) is 3.31. The molecular weight excluding hydrogens is 474 g/mol. The zero-order valence-corrected chi connectivity index (χ0v) is 20.2. The molecule has 34 heavy (non-hydrogen) atoms. The largest absolute Gasteiger partial charge is 0.497 e. The lowest BCUT2D eigenvalue weighted by Crippen LogP contribution is -2.13. The van der Waals surface area contributed by atoms with E-state index in [1.807, 2.05) is 65.2 Å². The van der Waals surface area contributed by atoms with Crippen LogP contribution in [0, 0.1) is 0 Å². The van der Waals surface area contributed by atoms with E-state index in [4.69, 9.17) is 30.5 Å². The fourth-order valence-corrected chi connectivity index (χ4v) is 4.96. The van der Waals surface area contributed by atoms with Crippen LogP contribution in [0.3, 0.4) is 0 Å². The van der Waals surface area contributed by atoms with Crippen molar-refractivity contribution in [1.82, 2.24) is 14.8 Å². The topological polar surface area (TPSA) is 67.6 Å². The first kappa shape index (κ1) is 22.6. The van der Waals surface area contributed by atoms with Gasteiger partial charge in [0, 0.05) is 33.2 Å². The molecule has 0 atom stereocenters. The van der Waals surface area contributed by atoms with E-state index in [-0.39, 0.29) is 6.79 Å². The molecule has 0 amide bonds. The van der Waals surface area contributed by atoms with Crippen LogP contribution in [-0.2, 0) is 17.1 Å². The summed E-state index contributed by atoms with van der Waals surface area (Å²) in [4.78, 5) is 0. The molecule has 1 aliphatic heterocycles. The summed E-state index contributed by atoms with van der Waals surface area (Å²) in [6, 6.07) is 19.4. The molecule has 7 nitrogen and oxygen atoms in total. The fourth-order valence-electron chi connectivity index (χ4n) is 3.78. The fraction of sp³-hybridized carbons (Fsp3) is 0.200. The van der Waals surface area contributed by atoms with Gasteiger partial charge in [-0.05, 0) is 48.5 Å². The minimum Gasteiger partial charge on any atom is -0.497 e. The van der Waals surface area contributed by atoms with E-state index in [0.29, 0.717) is 23.2 Å². The van der Waals surface area contributed by atoms with E-state index >= 15 is 0 Å². The number of rotatable bonds is 7. The van der Waals surface area contributed by atoms with E-state index in [9.17, 15) is 0 Å². The molecule has 4 aromatic rings. The highest BCUT2D eigenvalue weighted by atomic mass is 35.5. The quantitative estimate of drug-likeness (QED) is 0.302. The van der Waals surface area contributed by atoms with Crippen molar-refractivity contribution in [3.05, 3.63) is 76.8 Å². The number of methoxy groups -OCH3 is 2. The highest BCUT2D eigenvalue weighted by Crippen LogP contribution is 2.37. The van der Waals surface area contributed by atoms with Crippen LogP contribution in [0.15, 0.2) is 65.8 Å². The van der Waals surface area contributed by atoms with Crippen LogP contribution >= 0.6 is 23.4 Å². The van der Waals surface area contributed by atoms with Crippen LogP contribution in [0.25, 0.3) is 17.1 Å². The summed E-state index contributed by atoms with van der Waals surface area (Å²) in [5, 5.41) is 10.4. The number of hydrogen-bond acceptors (Lipinski definition) is 7. The zero-order valence-electron chi connectivity index (χ0n) is 18.7. The predicted octanol–water partition coefficient (Wildman–Crippen LogP) is 5.76. The van der Waals surface area contributed by atoms with Crippen molar-refractivity contribution in [2.75, 3.05) is 21.0 Å². The first-order valence-corrected chi connectivity index (χ1v) is 11.9. The van der Waals surface area contributed by atoms with Gasteiger partial charge in [0.2, 0.25) is 0 Å². The summed E-state index contributed by atoms with van der Waals surface area (Å²) in [5.74, 6) is 3.67. The van der Waals surface area contributed by atoms with Gasteiger partial charge < -0.3 is 18.9 Å². The lowest BCUT2D eigenvalue weighted by molar-refractivity contribution is -0.0168. The van der Waals surface area contributed by atoms with Gasteiger partial charge in [-0.2, -0.15) is 0 Å². The zero-order chi connectivity index (χ0) is 23.5. The second kappa shape index (κ2) is 9.97. The number of halogens is 1. The molecule has 0 aliphatic carbocycles. The number of benzene rings is 3. The summed E-state index contributed by atoms with van der Waals surface area (Å²) in [6.07, 6.45) is 0. The highest BCUT2D eigenvalue weighted by molar-refractivity contribution is 7.98. The Kier molecular flexibility index (Phi) is 6.62. The van der Waals surface area contributed by atoms with Crippen molar-refractivity contribution in [3.63, 3.8) is 0 Å². The van der Waals surface area contributed by atoms with E-state index in [1.165, 1.54) is 0 Å². The van der Waals surface area contributed by atoms with Crippen molar-refractivity contribution < 1.29 is 18.9 Å². The molecule has 5 rings (SSSR count). The van der Waals surface area contributed by atoms with E-state index in [0.717, 1.165) is 44.8 Å². The third-order valence-electron chi connectivity index (χ3n) is 5.40. The second-order valence-corrected chi connectivity index (χ2v) is 8.90. The Labute approximate surface area is 206 Å². The van der Waals surface area contributed by atoms with E-state index in [1.54, 1.807) is 26.0 Å². The van der Waals surface area contributed by atoms with Crippen molar-refractivity contribution in [3.8, 4) is 34.3 Å². The molecule has 1 aromatic heterocycles. The Morgan fingerprint density at radius 3 is 2.62 bits per heavy atom. The normalized spacial score (nSPS) is 12.7. The lowest BCUT2D eigenvalue weighted by atomic mass is 10.1. The molecule has 0 spiro atoms. The van der Waals surface area contributed by atoms with Gasteiger partial charge in [-0.1, -0.05) is 35.5 Å². The Balaban J connectivity index is 1.53. The first-order chi connectivity index (χ1) is 16.7. The summed E-state index contributed by atoms with van der Waals surface area (Å²) < 4.78 is 23.9. The van der Waals surface area contributed by atoms with Gasteiger partial charge in [0.05, 0.1) is 20.8 Å². The number of thioether (sulfide) groups is 1. The number of ether oxygens (including phenoxy) is 4. The highest BCUT2D eigenvalue weighted by Gasteiger charge is 2.20. The number of nitrogens with zero attached hydrogens (tertiary/aromatic N) is 3. The molecule has 0 bridgehead atoms. The molecule has 0 saturated heterocycles. The maximum absolute atomic E-state index is 6.35. The molecule has 0 saturated carbocycles. The standard InChI is InChI=1S/C25H22ClN3O4S/c1-30-21-8-6-20(7-9-21)29-24(16-4-3-5-22(12-16)31-2)27-28-25(29)34-14-18-11-19(26)10-17-13-32-15-33-23(17)18/h3-12H,13-15H2,1-2H3. The monoisotopic (exact) mass is 495 g/mol. The van der Waals surface area contributed by atoms with Crippen LogP contribution in [0.1, 0.15) is 11.1 Å². The Morgan fingerprint density at radius 2 is 1.82 bits per heavy atom. The maximum Gasteiger partial charge on any atom is 0.196 e. The summed E-state index contributed by atoms with van der Waals surface area (Å²) >= 11 is 7.91. The molecule has 0 fully saturated rings. The molecular formula is C25H22ClN3O4S. The van der Waals surface area contributed by atoms with Gasteiger partial charge in [-0.3, -0.25) is 4.57 Å². The molecule has 3 aromatic carbocycles. The van der Waals surface area contributed by atoms with Gasteiger partial charge in [-0.15, -0.1) is 10.2 Å². The van der Waals surface area contributed by atoms with Crippen LogP contribution < -0.4 is 14.2 Å². The van der Waals surface area contributed by atoms with Gasteiger partial charge >= 0.3 is 0 Å². The number of fused-ring (bicyclic) bond motifs is 1. The number of aromatic nitrogens is 3. The third-order valence-corrected chi connectivity index (χ3v) is 6.60. The predicted molar refractivity (Wildman–Crippen MR) is 131 cm³/mol. The Morgan fingerprint density at radius 1 is 1.00 bits per heavy atom. The van der Waals surface area contributed by atoms with Crippen molar-refractivity contribution in [2.24, 2.45) is 0 Å². The minimum atomic E-state index is 0.230. The Hall–Kier alpha value is -3.20. The van der Waals surface area contributed by atoms with E-state index in [2.05, 4.69) is 10.2 Å². The SMILES string of the molecule is COc1ccc(-n2c(SCc3cc(Cl)cc4c3OCOC4)nnc2-c2cccc(OC)c2)cc1. The first-order valence-electron chi connectivity index (χ1n) is 10.5. The van der Waals surface area contributed by atoms with Gasteiger partial charge in [-0.25, -0.2) is 0 Å². The molecule has 9 heteroatoms. The molecule has 1 aliphatic rings. The summed E-state index contributed by atoms with van der Waals surface area (Å²) in [5.41, 5.74) is 3.75. The van der Waals surface area contributed by atoms with Crippen LogP contribution in [0.4, 0.5) is 0 Å². The van der Waals surface area contributed by atoms with Crippen molar-refractivity contribution >= 4 is 23.4 Å². The Bertz CT molecular complexity index is 1310. The molecule has 0 radical (unpaired) electrons. The molecule has 174 valence electrons. The molecule has 2 heterocycles. The van der Waals surface area contributed by atoms with Gasteiger partial charge in [0.15, 0.2) is 17.8 Å². The minimum absolute atomic E-state index is 0.230. The van der Waals surface area contributed by atoms with Crippen LogP contribution in [0.5, 0.6) is 17.2 Å². The van der Waals surface area contributed by atoms with Gasteiger partial charge in [0.25, 0.3) is 0 Å². The summed E-state index contributed by atoms with van der Waals surface area (Å²) in [7, 11) is 3.29. The molecule has 0 unspecified atom stereocenters. The van der Waals surface area contributed by atoms with Crippen molar-refractivity contribution in [1.29, 1.82) is 0 Å². The van der Waals surface area contributed by atoms with Crippen LogP contribution in [0.2, 0.25) is 5.02 Å². The smallest absolute Gasteiger partial charge is 0.196 e. The lowest BCUT2D eigenvalue weighted by Gasteiger charge is -2.21. The number of hydrogen-bond donors (Lipinski definition) is 0. The second-order valence-electron chi connectivity index (χ2n) is 7.52. The van der Waals surface area contributed by atoms with E-state index < -0.39 is 0 Å².